The number of halogens is 2. The maximum Gasteiger partial charge on any atom is 0.282 e. The maximum absolute atomic E-state index is 12.6. The summed E-state index contributed by atoms with van der Waals surface area (Å²) in [7, 11) is 0. The number of carbonyl (C=O) groups is 1. The van der Waals surface area contributed by atoms with Crippen molar-refractivity contribution in [3.8, 4) is 0 Å². The molecular formula is C15H13Br2N3O2. The highest BCUT2D eigenvalue weighted by molar-refractivity contribution is 9.13. The maximum atomic E-state index is 12.6. The Hall–Kier alpha value is -1.47. The van der Waals surface area contributed by atoms with Crippen molar-refractivity contribution in [3.05, 3.63) is 55.3 Å². The highest BCUT2D eigenvalue weighted by atomic mass is 79.9. The van der Waals surface area contributed by atoms with Crippen LogP contribution in [0.1, 0.15) is 12.5 Å². The van der Waals surface area contributed by atoms with Gasteiger partial charge in [0, 0.05) is 11.7 Å². The molecule has 1 aliphatic heterocycles. The zero-order valence-electron chi connectivity index (χ0n) is 11.8. The monoisotopic (exact) mass is 425 g/mol. The van der Waals surface area contributed by atoms with Crippen LogP contribution < -0.4 is 10.5 Å². The number of amides is 1. The van der Waals surface area contributed by atoms with Gasteiger partial charge in [-0.3, -0.25) is 9.59 Å². The van der Waals surface area contributed by atoms with Crippen LogP contribution in [-0.4, -0.2) is 21.7 Å². The van der Waals surface area contributed by atoms with Crippen molar-refractivity contribution in [2.45, 2.75) is 25.9 Å². The fraction of sp³-hybridized carbons (Fsp3) is 0.267. The number of nitrogens with zero attached hydrogens (tertiary/aromatic N) is 3. The number of fused-ring (bicyclic) bond motifs is 1. The predicted molar refractivity (Wildman–Crippen MR) is 91.0 cm³/mol. The van der Waals surface area contributed by atoms with Gasteiger partial charge in [-0.05, 0) is 56.8 Å². The third-order valence-corrected chi connectivity index (χ3v) is 5.60. The SMILES string of the molecule is C[C@@H]1Cc2ccccc2N1C(=O)Cn1ncc(Br)c(Br)c1=O. The Morgan fingerprint density at radius 1 is 1.36 bits per heavy atom. The van der Waals surface area contributed by atoms with Crippen LogP contribution in [0.2, 0.25) is 0 Å². The van der Waals surface area contributed by atoms with E-state index in [0.717, 1.165) is 17.7 Å². The molecular weight excluding hydrogens is 414 g/mol. The van der Waals surface area contributed by atoms with Crippen molar-refractivity contribution in [2.75, 3.05) is 4.90 Å². The summed E-state index contributed by atoms with van der Waals surface area (Å²) >= 11 is 6.42. The number of anilines is 1. The number of hydrogen-bond acceptors (Lipinski definition) is 3. The molecule has 3 rings (SSSR count). The number of aromatic nitrogens is 2. The number of carbonyl (C=O) groups excluding carboxylic acids is 1. The molecule has 0 spiro atoms. The lowest BCUT2D eigenvalue weighted by Crippen LogP contribution is -2.40. The Morgan fingerprint density at radius 3 is 2.86 bits per heavy atom. The van der Waals surface area contributed by atoms with Gasteiger partial charge in [0.1, 0.15) is 11.0 Å². The molecule has 0 unspecified atom stereocenters. The van der Waals surface area contributed by atoms with Gasteiger partial charge in [-0.25, -0.2) is 4.68 Å². The van der Waals surface area contributed by atoms with Crippen LogP contribution >= 0.6 is 31.9 Å². The van der Waals surface area contributed by atoms with Crippen molar-refractivity contribution in [1.82, 2.24) is 9.78 Å². The van der Waals surface area contributed by atoms with Crippen LogP contribution in [0.25, 0.3) is 0 Å². The van der Waals surface area contributed by atoms with Gasteiger partial charge >= 0.3 is 0 Å². The van der Waals surface area contributed by atoms with E-state index < -0.39 is 0 Å². The molecule has 2 heterocycles. The largest absolute Gasteiger partial charge is 0.307 e. The molecule has 0 saturated heterocycles. The predicted octanol–water partition coefficient (Wildman–Crippen LogP) is 2.75. The van der Waals surface area contributed by atoms with Crippen molar-refractivity contribution in [1.29, 1.82) is 0 Å². The van der Waals surface area contributed by atoms with Crippen molar-refractivity contribution in [2.24, 2.45) is 0 Å². The summed E-state index contributed by atoms with van der Waals surface area (Å²) in [5.74, 6) is -0.138. The van der Waals surface area contributed by atoms with Crippen LogP contribution in [0.5, 0.6) is 0 Å². The lowest BCUT2D eigenvalue weighted by Gasteiger charge is -2.22. The molecule has 1 atom stereocenters. The van der Waals surface area contributed by atoms with Gasteiger partial charge in [0.2, 0.25) is 5.91 Å². The Balaban J connectivity index is 1.90. The number of benzene rings is 1. The second-order valence-electron chi connectivity index (χ2n) is 5.21. The van der Waals surface area contributed by atoms with Gasteiger partial charge in [-0.1, -0.05) is 18.2 Å². The van der Waals surface area contributed by atoms with E-state index in [0.29, 0.717) is 8.95 Å². The fourth-order valence-corrected chi connectivity index (χ4v) is 3.28. The topological polar surface area (TPSA) is 55.2 Å². The molecule has 0 radical (unpaired) electrons. The minimum Gasteiger partial charge on any atom is -0.307 e. The Morgan fingerprint density at radius 2 is 2.09 bits per heavy atom. The van der Waals surface area contributed by atoms with Gasteiger partial charge in [0.15, 0.2) is 0 Å². The van der Waals surface area contributed by atoms with E-state index in [-0.39, 0.29) is 24.1 Å². The first-order valence-electron chi connectivity index (χ1n) is 6.80. The molecule has 0 aliphatic carbocycles. The molecule has 1 aromatic heterocycles. The minimum absolute atomic E-state index is 0.0800. The lowest BCUT2D eigenvalue weighted by molar-refractivity contribution is -0.119. The van der Waals surface area contributed by atoms with E-state index in [4.69, 9.17) is 0 Å². The summed E-state index contributed by atoms with van der Waals surface area (Å²) in [5.41, 5.74) is 1.74. The van der Waals surface area contributed by atoms with E-state index in [2.05, 4.69) is 37.0 Å². The van der Waals surface area contributed by atoms with E-state index in [9.17, 15) is 9.59 Å². The number of para-hydroxylation sites is 1. The number of hydrogen-bond donors (Lipinski definition) is 0. The van der Waals surface area contributed by atoms with Gasteiger partial charge in [0.25, 0.3) is 5.56 Å². The van der Waals surface area contributed by atoms with E-state index in [1.165, 1.54) is 10.9 Å². The highest BCUT2D eigenvalue weighted by Crippen LogP contribution is 2.31. The first-order valence-corrected chi connectivity index (χ1v) is 8.38. The summed E-state index contributed by atoms with van der Waals surface area (Å²) < 4.78 is 2.11. The molecule has 2 aromatic rings. The average Bonchev–Trinajstić information content (AvgIpc) is 2.83. The van der Waals surface area contributed by atoms with Crippen molar-refractivity contribution < 1.29 is 4.79 Å². The molecule has 0 fully saturated rings. The molecule has 114 valence electrons. The van der Waals surface area contributed by atoms with Crippen LogP contribution in [-0.2, 0) is 17.8 Å². The summed E-state index contributed by atoms with van der Waals surface area (Å²) in [6, 6.07) is 7.93. The van der Waals surface area contributed by atoms with Gasteiger partial charge < -0.3 is 4.90 Å². The zero-order chi connectivity index (χ0) is 15.9. The molecule has 0 bridgehead atoms. The van der Waals surface area contributed by atoms with E-state index in [1.807, 2.05) is 31.2 Å². The summed E-state index contributed by atoms with van der Waals surface area (Å²) in [6.07, 6.45) is 2.33. The molecule has 0 N–H and O–H groups in total. The van der Waals surface area contributed by atoms with Crippen LogP contribution in [0.15, 0.2) is 44.2 Å². The highest BCUT2D eigenvalue weighted by Gasteiger charge is 2.30. The first-order chi connectivity index (χ1) is 10.5. The fourth-order valence-electron chi connectivity index (χ4n) is 2.71. The lowest BCUT2D eigenvalue weighted by atomic mass is 10.1. The smallest absolute Gasteiger partial charge is 0.282 e. The molecule has 22 heavy (non-hydrogen) atoms. The zero-order valence-corrected chi connectivity index (χ0v) is 15.0. The molecule has 0 saturated carbocycles. The Labute approximate surface area is 144 Å². The third kappa shape index (κ3) is 2.63. The Kier molecular flexibility index (Phi) is 4.18. The van der Waals surface area contributed by atoms with Gasteiger partial charge in [-0.2, -0.15) is 5.10 Å². The first kappa shape index (κ1) is 15.4. The average molecular weight is 427 g/mol. The summed E-state index contributed by atoms with van der Waals surface area (Å²) in [5, 5.41) is 4.01. The normalized spacial score (nSPS) is 16.7. The standard InChI is InChI=1S/C15H13Br2N3O2/c1-9-6-10-4-2-3-5-12(10)20(9)13(21)8-19-15(22)14(17)11(16)7-18-19/h2-5,7,9H,6,8H2,1H3/t9-/m1/s1. The molecule has 1 aromatic carbocycles. The molecule has 1 aliphatic rings. The van der Waals surface area contributed by atoms with Crippen molar-refractivity contribution in [3.63, 3.8) is 0 Å². The van der Waals surface area contributed by atoms with Gasteiger partial charge in [0.05, 0.1) is 10.7 Å². The van der Waals surface area contributed by atoms with E-state index >= 15 is 0 Å². The Bertz CT molecular complexity index is 804. The van der Waals surface area contributed by atoms with Crippen LogP contribution in [0, 0.1) is 0 Å². The van der Waals surface area contributed by atoms with E-state index in [1.54, 1.807) is 4.90 Å². The van der Waals surface area contributed by atoms with Crippen molar-refractivity contribution >= 4 is 43.5 Å². The quantitative estimate of drug-likeness (QED) is 0.741. The summed E-state index contributed by atoms with van der Waals surface area (Å²) in [4.78, 5) is 26.5. The second kappa shape index (κ2) is 5.96. The minimum atomic E-state index is -0.331. The van der Waals surface area contributed by atoms with Gasteiger partial charge in [-0.15, -0.1) is 0 Å². The number of rotatable bonds is 2. The molecule has 7 heteroatoms. The molecule has 1 amide bonds. The van der Waals surface area contributed by atoms with Crippen LogP contribution in [0.3, 0.4) is 0 Å². The van der Waals surface area contributed by atoms with Crippen LogP contribution in [0.4, 0.5) is 5.69 Å². The molecule has 5 nitrogen and oxygen atoms in total. The second-order valence-corrected chi connectivity index (χ2v) is 6.86. The summed E-state index contributed by atoms with van der Waals surface area (Å²) in [6.45, 7) is 1.93. The third-order valence-electron chi connectivity index (χ3n) is 3.70.